The van der Waals surface area contributed by atoms with Crippen molar-refractivity contribution >= 4 is 44.6 Å². The van der Waals surface area contributed by atoms with Crippen LogP contribution in [0.1, 0.15) is 15.6 Å². The molecule has 108 valence electrons. The number of hydrogen-bond acceptors (Lipinski definition) is 4. The van der Waals surface area contributed by atoms with Crippen molar-refractivity contribution in [3.8, 4) is 0 Å². The summed E-state index contributed by atoms with van der Waals surface area (Å²) in [4.78, 5) is 5.24. The topological polar surface area (TPSA) is 59.1 Å². The quantitative estimate of drug-likeness (QED) is 0.917. The molecule has 2 rings (SSSR count). The maximum absolute atomic E-state index is 12.2. The van der Waals surface area contributed by atoms with Gasteiger partial charge in [-0.15, -0.1) is 11.3 Å². The van der Waals surface area contributed by atoms with Gasteiger partial charge in [-0.05, 0) is 32.0 Å². The summed E-state index contributed by atoms with van der Waals surface area (Å²) in [5.41, 5.74) is 0.837. The third kappa shape index (κ3) is 3.51. The molecule has 2 aromatic rings. The van der Waals surface area contributed by atoms with Crippen molar-refractivity contribution in [2.45, 2.75) is 25.3 Å². The van der Waals surface area contributed by atoms with E-state index in [1.54, 1.807) is 0 Å². The Kier molecular flexibility index (Phi) is 4.71. The third-order valence-corrected chi connectivity index (χ3v) is 5.83. The summed E-state index contributed by atoms with van der Waals surface area (Å²) in [7, 11) is -3.62. The molecule has 1 aromatic carbocycles. The monoisotopic (exact) mass is 350 g/mol. The minimum atomic E-state index is -3.62. The Morgan fingerprint density at radius 1 is 1.25 bits per heavy atom. The molecular formula is C12H12Cl2N2O2S2. The van der Waals surface area contributed by atoms with Gasteiger partial charge in [-0.1, -0.05) is 23.2 Å². The molecule has 1 N–H and O–H groups in total. The number of nitrogens with one attached hydrogen (secondary N) is 1. The number of hydrogen-bond donors (Lipinski definition) is 1. The van der Waals surface area contributed by atoms with Gasteiger partial charge in [-0.25, -0.2) is 18.1 Å². The molecule has 0 bridgehead atoms. The zero-order valence-corrected chi connectivity index (χ0v) is 13.9. The molecule has 1 aromatic heterocycles. The maximum Gasteiger partial charge on any atom is 0.240 e. The number of aromatic nitrogens is 1. The van der Waals surface area contributed by atoms with Crippen molar-refractivity contribution in [3.63, 3.8) is 0 Å². The average Bonchev–Trinajstić information content (AvgIpc) is 2.69. The normalized spacial score (nSPS) is 11.8. The predicted molar refractivity (Wildman–Crippen MR) is 82.1 cm³/mol. The zero-order chi connectivity index (χ0) is 14.9. The van der Waals surface area contributed by atoms with Gasteiger partial charge in [-0.3, -0.25) is 0 Å². The van der Waals surface area contributed by atoms with E-state index in [1.165, 1.54) is 29.5 Å². The SMILES string of the molecule is Cc1nc(C)c(CNS(=O)(=O)c2ccc(Cl)c(Cl)c2)s1. The Morgan fingerprint density at radius 3 is 2.50 bits per heavy atom. The van der Waals surface area contributed by atoms with Crippen LogP contribution in [0.4, 0.5) is 0 Å². The Hall–Kier alpha value is -0.660. The van der Waals surface area contributed by atoms with Crippen molar-refractivity contribution in [2.75, 3.05) is 0 Å². The Labute approximate surface area is 131 Å². The van der Waals surface area contributed by atoms with Gasteiger partial charge in [0.15, 0.2) is 0 Å². The molecule has 0 amide bonds. The van der Waals surface area contributed by atoms with E-state index in [9.17, 15) is 8.42 Å². The van der Waals surface area contributed by atoms with Crippen LogP contribution in [0.15, 0.2) is 23.1 Å². The molecule has 0 spiro atoms. The van der Waals surface area contributed by atoms with Gasteiger partial charge < -0.3 is 0 Å². The second-order valence-corrected chi connectivity index (χ2v) is 8.01. The first-order valence-electron chi connectivity index (χ1n) is 5.67. The highest BCUT2D eigenvalue weighted by atomic mass is 35.5. The molecule has 0 saturated heterocycles. The van der Waals surface area contributed by atoms with Crippen LogP contribution in [0.2, 0.25) is 10.0 Å². The van der Waals surface area contributed by atoms with Gasteiger partial charge >= 0.3 is 0 Å². The number of sulfonamides is 1. The molecular weight excluding hydrogens is 339 g/mol. The molecule has 0 aliphatic rings. The average molecular weight is 351 g/mol. The smallest absolute Gasteiger partial charge is 0.240 e. The second-order valence-electron chi connectivity index (χ2n) is 4.14. The van der Waals surface area contributed by atoms with Crippen molar-refractivity contribution in [2.24, 2.45) is 0 Å². The first-order chi connectivity index (χ1) is 9.29. The van der Waals surface area contributed by atoms with E-state index in [-0.39, 0.29) is 16.5 Å². The highest BCUT2D eigenvalue weighted by Gasteiger charge is 2.16. The molecule has 0 aliphatic heterocycles. The standard InChI is InChI=1S/C12H12Cl2N2O2S2/c1-7-12(19-8(2)16-7)6-15-20(17,18)9-3-4-10(13)11(14)5-9/h3-5,15H,6H2,1-2H3. The van der Waals surface area contributed by atoms with Crippen molar-refractivity contribution in [3.05, 3.63) is 43.8 Å². The molecule has 0 atom stereocenters. The fourth-order valence-corrected chi connectivity index (χ4v) is 3.98. The van der Waals surface area contributed by atoms with E-state index >= 15 is 0 Å². The van der Waals surface area contributed by atoms with E-state index in [0.29, 0.717) is 5.02 Å². The second kappa shape index (κ2) is 5.99. The molecule has 4 nitrogen and oxygen atoms in total. The summed E-state index contributed by atoms with van der Waals surface area (Å²) in [5.74, 6) is 0. The lowest BCUT2D eigenvalue weighted by atomic mass is 10.4. The molecule has 1 heterocycles. The minimum absolute atomic E-state index is 0.0887. The maximum atomic E-state index is 12.2. The van der Waals surface area contributed by atoms with Crippen LogP contribution in [-0.2, 0) is 16.6 Å². The summed E-state index contributed by atoms with van der Waals surface area (Å²) in [6.07, 6.45) is 0. The first-order valence-corrected chi connectivity index (χ1v) is 8.73. The number of nitrogens with zero attached hydrogens (tertiary/aromatic N) is 1. The minimum Gasteiger partial charge on any atom is -0.247 e. The number of halogens is 2. The number of benzene rings is 1. The van der Waals surface area contributed by atoms with Gasteiger partial charge in [0.2, 0.25) is 10.0 Å². The third-order valence-electron chi connectivity index (χ3n) is 2.62. The Balaban J connectivity index is 2.19. The van der Waals surface area contributed by atoms with Crippen LogP contribution >= 0.6 is 34.5 Å². The van der Waals surface area contributed by atoms with E-state index in [4.69, 9.17) is 23.2 Å². The number of rotatable bonds is 4. The lowest BCUT2D eigenvalue weighted by Crippen LogP contribution is -2.23. The van der Waals surface area contributed by atoms with Crippen LogP contribution in [0, 0.1) is 13.8 Å². The lowest BCUT2D eigenvalue weighted by Gasteiger charge is -2.07. The van der Waals surface area contributed by atoms with Crippen LogP contribution in [-0.4, -0.2) is 13.4 Å². The molecule has 0 unspecified atom stereocenters. The van der Waals surface area contributed by atoms with Gasteiger partial charge in [0.1, 0.15) is 0 Å². The van der Waals surface area contributed by atoms with E-state index in [1.807, 2.05) is 13.8 Å². The molecule has 0 radical (unpaired) electrons. The number of aryl methyl sites for hydroxylation is 2. The van der Waals surface area contributed by atoms with Gasteiger partial charge in [0, 0.05) is 11.4 Å². The molecule has 8 heteroatoms. The zero-order valence-electron chi connectivity index (χ0n) is 10.8. The van der Waals surface area contributed by atoms with Crippen molar-refractivity contribution in [1.29, 1.82) is 0 Å². The van der Waals surface area contributed by atoms with Crippen LogP contribution in [0.3, 0.4) is 0 Å². The molecule has 0 fully saturated rings. The van der Waals surface area contributed by atoms with E-state index in [2.05, 4.69) is 9.71 Å². The molecule has 20 heavy (non-hydrogen) atoms. The van der Waals surface area contributed by atoms with Crippen LogP contribution < -0.4 is 4.72 Å². The summed E-state index contributed by atoms with van der Waals surface area (Å²) in [6.45, 7) is 3.95. The van der Waals surface area contributed by atoms with Gasteiger partial charge in [-0.2, -0.15) is 0 Å². The highest BCUT2D eigenvalue weighted by Crippen LogP contribution is 2.25. The predicted octanol–water partition coefficient (Wildman–Crippen LogP) is 3.55. The lowest BCUT2D eigenvalue weighted by molar-refractivity contribution is 0.581. The fourth-order valence-electron chi connectivity index (χ4n) is 1.63. The molecule has 0 aliphatic carbocycles. The summed E-state index contributed by atoms with van der Waals surface area (Å²) >= 11 is 13.1. The Bertz CT molecular complexity index is 742. The van der Waals surface area contributed by atoms with E-state index in [0.717, 1.165) is 15.6 Å². The first kappa shape index (κ1) is 15.7. The van der Waals surface area contributed by atoms with Crippen LogP contribution in [0.5, 0.6) is 0 Å². The fraction of sp³-hybridized carbons (Fsp3) is 0.250. The largest absolute Gasteiger partial charge is 0.247 e. The van der Waals surface area contributed by atoms with Crippen LogP contribution in [0.25, 0.3) is 0 Å². The van der Waals surface area contributed by atoms with Gasteiger partial charge in [0.05, 0.1) is 25.6 Å². The van der Waals surface area contributed by atoms with E-state index < -0.39 is 10.0 Å². The van der Waals surface area contributed by atoms with Crippen molar-refractivity contribution < 1.29 is 8.42 Å². The highest BCUT2D eigenvalue weighted by molar-refractivity contribution is 7.89. The van der Waals surface area contributed by atoms with Gasteiger partial charge in [0.25, 0.3) is 0 Å². The molecule has 0 saturated carbocycles. The van der Waals surface area contributed by atoms with Crippen molar-refractivity contribution in [1.82, 2.24) is 9.71 Å². The summed E-state index contributed by atoms with van der Waals surface area (Å²) in [6, 6.07) is 4.21. The number of thiazole rings is 1. The summed E-state index contributed by atoms with van der Waals surface area (Å²) in [5, 5.41) is 1.44. The summed E-state index contributed by atoms with van der Waals surface area (Å²) < 4.78 is 26.9. The Morgan fingerprint density at radius 2 is 1.95 bits per heavy atom.